The molecule has 0 heterocycles. The van der Waals surface area contributed by atoms with Gasteiger partial charge in [0.05, 0.1) is 5.41 Å². The third-order valence-electron chi connectivity index (χ3n) is 4.15. The largest absolute Gasteiger partial charge is 0.462 e. The number of carbonyl (C=O) groups is 1. The summed E-state index contributed by atoms with van der Waals surface area (Å²) in [5, 5.41) is 0. The maximum atomic E-state index is 11.9. The lowest BCUT2D eigenvalue weighted by atomic mass is 9.83. The van der Waals surface area contributed by atoms with Crippen molar-refractivity contribution in [1.29, 1.82) is 0 Å². The van der Waals surface area contributed by atoms with Crippen molar-refractivity contribution in [2.45, 2.75) is 65.4 Å². The van der Waals surface area contributed by atoms with E-state index in [1.165, 1.54) is 32.1 Å². The van der Waals surface area contributed by atoms with Crippen LogP contribution in [0, 0.1) is 17.3 Å². The summed E-state index contributed by atoms with van der Waals surface area (Å²) in [6.07, 6.45) is 7.82. The average Bonchev–Trinajstić information content (AvgIpc) is 2.51. The molecular weight excluding hydrogens is 200 g/mol. The second-order valence-electron chi connectivity index (χ2n) is 6.55. The normalized spacial score (nSPS) is 34.6. The Morgan fingerprint density at radius 1 is 1.00 bits per heavy atom. The van der Waals surface area contributed by atoms with Gasteiger partial charge in [-0.25, -0.2) is 0 Å². The van der Waals surface area contributed by atoms with Gasteiger partial charge >= 0.3 is 5.97 Å². The van der Waals surface area contributed by atoms with Crippen LogP contribution >= 0.6 is 0 Å². The lowest BCUT2D eigenvalue weighted by Crippen LogP contribution is -2.32. The highest BCUT2D eigenvalue weighted by Gasteiger charge is 2.36. The number of hydrogen-bond acceptors (Lipinski definition) is 2. The molecule has 92 valence electrons. The molecule has 0 aromatic heterocycles. The Morgan fingerprint density at radius 2 is 1.56 bits per heavy atom. The zero-order valence-corrected chi connectivity index (χ0v) is 10.8. The first-order valence-electron chi connectivity index (χ1n) is 6.68. The van der Waals surface area contributed by atoms with Crippen LogP contribution in [0.25, 0.3) is 0 Å². The molecule has 2 nitrogen and oxygen atoms in total. The van der Waals surface area contributed by atoms with Crippen LogP contribution in [0.15, 0.2) is 0 Å². The molecule has 0 aromatic rings. The smallest absolute Gasteiger partial charge is 0.311 e. The van der Waals surface area contributed by atoms with Crippen LogP contribution in [0.1, 0.15) is 59.3 Å². The first-order chi connectivity index (χ1) is 7.47. The van der Waals surface area contributed by atoms with Gasteiger partial charge in [0.2, 0.25) is 0 Å². The van der Waals surface area contributed by atoms with Gasteiger partial charge in [-0.05, 0) is 58.3 Å². The fourth-order valence-electron chi connectivity index (χ4n) is 2.95. The molecule has 3 aliphatic rings. The van der Waals surface area contributed by atoms with Crippen molar-refractivity contribution in [2.75, 3.05) is 0 Å². The maximum Gasteiger partial charge on any atom is 0.311 e. The third-order valence-corrected chi connectivity index (χ3v) is 4.15. The highest BCUT2D eigenvalue weighted by atomic mass is 16.5. The molecule has 16 heavy (non-hydrogen) atoms. The zero-order chi connectivity index (χ0) is 11.8. The first kappa shape index (κ1) is 11.9. The summed E-state index contributed by atoms with van der Waals surface area (Å²) in [7, 11) is 0. The zero-order valence-electron chi connectivity index (χ0n) is 10.8. The topological polar surface area (TPSA) is 26.3 Å². The van der Waals surface area contributed by atoms with Gasteiger partial charge in [0.1, 0.15) is 6.10 Å². The van der Waals surface area contributed by atoms with Gasteiger partial charge in [-0.1, -0.05) is 12.8 Å². The molecule has 3 saturated carbocycles. The highest BCUT2D eigenvalue weighted by Crippen LogP contribution is 2.40. The molecule has 0 saturated heterocycles. The van der Waals surface area contributed by atoms with Crippen LogP contribution in [-0.4, -0.2) is 12.1 Å². The summed E-state index contributed by atoms with van der Waals surface area (Å²) in [6, 6.07) is 0. The van der Waals surface area contributed by atoms with Crippen LogP contribution in [0.3, 0.4) is 0 Å². The number of ether oxygens (including phenoxy) is 1. The van der Waals surface area contributed by atoms with Crippen molar-refractivity contribution in [3.05, 3.63) is 0 Å². The van der Waals surface area contributed by atoms with E-state index in [1.54, 1.807) is 0 Å². The number of carbonyl (C=O) groups excluding carboxylic acids is 1. The molecular formula is C14H24O2. The number of esters is 1. The minimum atomic E-state index is -0.357. The molecule has 2 heteroatoms. The van der Waals surface area contributed by atoms with E-state index in [4.69, 9.17) is 4.74 Å². The third kappa shape index (κ3) is 2.58. The minimum Gasteiger partial charge on any atom is -0.462 e. The summed E-state index contributed by atoms with van der Waals surface area (Å²) in [6.45, 7) is 5.80. The van der Waals surface area contributed by atoms with Gasteiger partial charge in [-0.3, -0.25) is 4.79 Å². The Bertz CT molecular complexity index is 256. The molecule has 0 aliphatic heterocycles. The van der Waals surface area contributed by atoms with Gasteiger partial charge < -0.3 is 4.74 Å². The van der Waals surface area contributed by atoms with E-state index in [1.807, 2.05) is 20.8 Å². The fourth-order valence-corrected chi connectivity index (χ4v) is 2.95. The van der Waals surface area contributed by atoms with Crippen LogP contribution in [-0.2, 0) is 9.53 Å². The quantitative estimate of drug-likeness (QED) is 0.637. The van der Waals surface area contributed by atoms with E-state index < -0.39 is 0 Å². The molecule has 1 unspecified atom stereocenters. The molecule has 3 fully saturated rings. The van der Waals surface area contributed by atoms with Crippen LogP contribution < -0.4 is 0 Å². The Balaban J connectivity index is 1.96. The van der Waals surface area contributed by atoms with Crippen LogP contribution in [0.4, 0.5) is 0 Å². The minimum absolute atomic E-state index is 0.0251. The van der Waals surface area contributed by atoms with Crippen molar-refractivity contribution in [1.82, 2.24) is 0 Å². The Kier molecular flexibility index (Phi) is 3.27. The molecule has 0 N–H and O–H groups in total. The van der Waals surface area contributed by atoms with E-state index in [0.717, 1.165) is 12.3 Å². The molecule has 0 amide bonds. The predicted molar refractivity (Wildman–Crippen MR) is 64.0 cm³/mol. The lowest BCUT2D eigenvalue weighted by molar-refractivity contribution is -0.161. The summed E-state index contributed by atoms with van der Waals surface area (Å²) in [5.41, 5.74) is -0.357. The fraction of sp³-hybridized carbons (Fsp3) is 0.929. The maximum absolute atomic E-state index is 11.9. The molecule has 1 atom stereocenters. The van der Waals surface area contributed by atoms with E-state index in [-0.39, 0.29) is 17.5 Å². The Labute approximate surface area is 98.7 Å². The van der Waals surface area contributed by atoms with Gasteiger partial charge in [0.25, 0.3) is 0 Å². The van der Waals surface area contributed by atoms with Crippen molar-refractivity contribution >= 4 is 5.97 Å². The van der Waals surface area contributed by atoms with E-state index in [2.05, 4.69) is 0 Å². The van der Waals surface area contributed by atoms with Gasteiger partial charge in [0.15, 0.2) is 0 Å². The second kappa shape index (κ2) is 4.38. The van der Waals surface area contributed by atoms with E-state index in [9.17, 15) is 4.79 Å². The Morgan fingerprint density at radius 3 is 2.12 bits per heavy atom. The molecule has 3 rings (SSSR count). The molecule has 0 aromatic carbocycles. The average molecular weight is 224 g/mol. The van der Waals surface area contributed by atoms with Crippen LogP contribution in [0.2, 0.25) is 0 Å². The number of rotatable bonds is 1. The molecule has 0 radical (unpaired) electrons. The molecule has 3 aliphatic carbocycles. The highest BCUT2D eigenvalue weighted by molar-refractivity contribution is 5.75. The van der Waals surface area contributed by atoms with Crippen molar-refractivity contribution in [3.8, 4) is 0 Å². The second-order valence-corrected chi connectivity index (χ2v) is 6.55. The summed E-state index contributed by atoms with van der Waals surface area (Å²) in [5.74, 6) is 1.53. The molecule has 2 bridgehead atoms. The van der Waals surface area contributed by atoms with Gasteiger partial charge in [-0.2, -0.15) is 0 Å². The van der Waals surface area contributed by atoms with Crippen molar-refractivity contribution in [2.24, 2.45) is 17.3 Å². The van der Waals surface area contributed by atoms with E-state index >= 15 is 0 Å². The van der Waals surface area contributed by atoms with Crippen LogP contribution in [0.5, 0.6) is 0 Å². The van der Waals surface area contributed by atoms with Gasteiger partial charge in [-0.15, -0.1) is 0 Å². The number of fused-ring (bicyclic) bond motifs is 4. The summed E-state index contributed by atoms with van der Waals surface area (Å²) < 4.78 is 5.73. The monoisotopic (exact) mass is 224 g/mol. The van der Waals surface area contributed by atoms with Crippen molar-refractivity contribution in [3.63, 3.8) is 0 Å². The first-order valence-corrected chi connectivity index (χ1v) is 6.68. The number of hydrogen-bond donors (Lipinski definition) is 0. The molecule has 0 spiro atoms. The predicted octanol–water partition coefficient (Wildman–Crippen LogP) is 3.54. The SMILES string of the molecule is CC(C)(C)C(=O)OC1CCC2CCC1CC2. The standard InChI is InChI=1S/C14H24O2/c1-14(2,3)13(15)16-12-9-6-10-4-7-11(12)8-5-10/h10-12H,4-9H2,1-3H3. The lowest BCUT2D eigenvalue weighted by Gasteiger charge is -2.29. The van der Waals surface area contributed by atoms with E-state index in [0.29, 0.717) is 5.92 Å². The van der Waals surface area contributed by atoms with Gasteiger partial charge in [0, 0.05) is 0 Å². The van der Waals surface area contributed by atoms with Crippen molar-refractivity contribution < 1.29 is 9.53 Å². The summed E-state index contributed by atoms with van der Waals surface area (Å²) in [4.78, 5) is 11.9. The summed E-state index contributed by atoms with van der Waals surface area (Å²) >= 11 is 0. The Hall–Kier alpha value is -0.530.